The highest BCUT2D eigenvalue weighted by Crippen LogP contribution is 2.04. The van der Waals surface area contributed by atoms with E-state index < -0.39 is 11.9 Å². The Morgan fingerprint density at radius 1 is 1.10 bits per heavy atom. The van der Waals surface area contributed by atoms with E-state index in [9.17, 15) is 9.59 Å². The average Bonchev–Trinajstić information content (AvgIpc) is 2.42. The van der Waals surface area contributed by atoms with Crippen LogP contribution in [0.15, 0.2) is 0 Å². The molecule has 1 atom stereocenters. The molecule has 0 aliphatic carbocycles. The summed E-state index contributed by atoms with van der Waals surface area (Å²) in [4.78, 5) is 22.4. The molecule has 0 saturated heterocycles. The van der Waals surface area contributed by atoms with Gasteiger partial charge in [-0.05, 0) is 19.3 Å². The van der Waals surface area contributed by atoms with Gasteiger partial charge in [-0.15, -0.1) is 0 Å². The van der Waals surface area contributed by atoms with Crippen LogP contribution in [0.5, 0.6) is 0 Å². The molecule has 0 fully saturated rings. The summed E-state index contributed by atoms with van der Waals surface area (Å²) in [6.45, 7) is 6.13. The molecular weight excluding hydrogens is 260 g/mol. The summed E-state index contributed by atoms with van der Waals surface area (Å²) in [5, 5.41) is 14.2. The molecule has 0 heterocycles. The molecule has 118 valence electrons. The average molecular weight is 288 g/mol. The summed E-state index contributed by atoms with van der Waals surface area (Å²) < 4.78 is 5.37. The lowest BCUT2D eigenvalue weighted by Gasteiger charge is -2.13. The maximum absolute atomic E-state index is 11.5. The number of rotatable bonds is 12. The number of amides is 2. The summed E-state index contributed by atoms with van der Waals surface area (Å²) >= 11 is 0. The minimum atomic E-state index is -0.864. The highest BCUT2D eigenvalue weighted by Gasteiger charge is 2.16. The Labute approximate surface area is 121 Å². The van der Waals surface area contributed by atoms with Crippen molar-refractivity contribution in [2.45, 2.75) is 46.0 Å². The van der Waals surface area contributed by atoms with Crippen LogP contribution >= 0.6 is 0 Å². The Balaban J connectivity index is 3.55. The van der Waals surface area contributed by atoms with E-state index in [0.29, 0.717) is 19.6 Å². The molecule has 0 saturated carbocycles. The third-order valence-electron chi connectivity index (χ3n) is 2.89. The summed E-state index contributed by atoms with van der Waals surface area (Å²) in [5.41, 5.74) is 0. The van der Waals surface area contributed by atoms with Gasteiger partial charge in [0.1, 0.15) is 0 Å². The molecule has 0 aromatic heterocycles. The predicted molar refractivity (Wildman–Crippen MR) is 77.8 cm³/mol. The quantitative estimate of drug-likeness (QED) is 0.479. The van der Waals surface area contributed by atoms with E-state index in [-0.39, 0.29) is 12.6 Å². The van der Waals surface area contributed by atoms with Crippen molar-refractivity contribution in [1.82, 2.24) is 10.6 Å². The number of urea groups is 1. The van der Waals surface area contributed by atoms with Gasteiger partial charge in [0.25, 0.3) is 0 Å². The van der Waals surface area contributed by atoms with Crippen molar-refractivity contribution in [3.8, 4) is 0 Å². The Bertz CT molecular complexity index is 272. The number of carboxylic acid groups (broad SMARTS) is 1. The van der Waals surface area contributed by atoms with E-state index in [0.717, 1.165) is 32.3 Å². The first-order valence-corrected chi connectivity index (χ1v) is 7.44. The van der Waals surface area contributed by atoms with E-state index in [1.807, 2.05) is 6.92 Å². The summed E-state index contributed by atoms with van der Waals surface area (Å²) in [6, 6.07) is -0.319. The maximum Gasteiger partial charge on any atom is 0.314 e. The van der Waals surface area contributed by atoms with Crippen molar-refractivity contribution in [3.05, 3.63) is 0 Å². The minimum absolute atomic E-state index is 0.169. The molecule has 0 rings (SSSR count). The molecule has 0 bridgehead atoms. The molecule has 3 N–H and O–H groups in total. The molecule has 0 aromatic rings. The summed E-state index contributed by atoms with van der Waals surface area (Å²) in [5.74, 6) is -1.38. The monoisotopic (exact) mass is 288 g/mol. The Morgan fingerprint density at radius 3 is 2.40 bits per heavy atom. The smallest absolute Gasteiger partial charge is 0.314 e. The molecule has 0 radical (unpaired) electrons. The molecule has 1 unspecified atom stereocenters. The number of unbranched alkanes of at least 4 members (excludes halogenated alkanes) is 1. The van der Waals surface area contributed by atoms with Crippen LogP contribution in [0.4, 0.5) is 4.79 Å². The van der Waals surface area contributed by atoms with Gasteiger partial charge < -0.3 is 20.5 Å². The van der Waals surface area contributed by atoms with E-state index in [1.165, 1.54) is 0 Å². The second-order valence-corrected chi connectivity index (χ2v) is 4.78. The lowest BCUT2D eigenvalue weighted by atomic mass is 10.0. The van der Waals surface area contributed by atoms with Gasteiger partial charge in [0.15, 0.2) is 0 Å². The van der Waals surface area contributed by atoms with Gasteiger partial charge >= 0.3 is 12.0 Å². The van der Waals surface area contributed by atoms with Gasteiger partial charge in [0.05, 0.1) is 5.92 Å². The van der Waals surface area contributed by atoms with Gasteiger partial charge in [-0.3, -0.25) is 4.79 Å². The van der Waals surface area contributed by atoms with Gasteiger partial charge in [0, 0.05) is 26.3 Å². The van der Waals surface area contributed by atoms with Crippen LogP contribution in [-0.4, -0.2) is 43.4 Å². The third-order valence-corrected chi connectivity index (χ3v) is 2.89. The van der Waals surface area contributed by atoms with Gasteiger partial charge in [0.2, 0.25) is 0 Å². The fourth-order valence-corrected chi connectivity index (χ4v) is 1.66. The molecule has 20 heavy (non-hydrogen) atoms. The SMILES string of the molecule is CCCCOCCCNC(=O)NCC(CCC)C(=O)O. The zero-order chi connectivity index (χ0) is 15.2. The molecule has 6 nitrogen and oxygen atoms in total. The lowest BCUT2D eigenvalue weighted by Crippen LogP contribution is -2.40. The standard InChI is InChI=1S/C14H28N2O4/c1-3-5-9-20-10-6-8-15-14(19)16-11-12(7-4-2)13(17)18/h12H,3-11H2,1-2H3,(H,17,18)(H2,15,16,19). The van der Waals surface area contributed by atoms with E-state index in [2.05, 4.69) is 17.6 Å². The number of carbonyl (C=O) groups excluding carboxylic acids is 1. The van der Waals surface area contributed by atoms with Crippen LogP contribution in [0.2, 0.25) is 0 Å². The van der Waals surface area contributed by atoms with Crippen LogP contribution in [0.25, 0.3) is 0 Å². The fourth-order valence-electron chi connectivity index (χ4n) is 1.66. The molecule has 2 amide bonds. The lowest BCUT2D eigenvalue weighted by molar-refractivity contribution is -0.141. The molecule has 0 aliphatic rings. The maximum atomic E-state index is 11.5. The zero-order valence-corrected chi connectivity index (χ0v) is 12.6. The normalized spacial score (nSPS) is 11.9. The topological polar surface area (TPSA) is 87.7 Å². The van der Waals surface area contributed by atoms with Gasteiger partial charge in [-0.2, -0.15) is 0 Å². The second-order valence-electron chi connectivity index (χ2n) is 4.78. The highest BCUT2D eigenvalue weighted by atomic mass is 16.5. The van der Waals surface area contributed by atoms with Gasteiger partial charge in [-0.1, -0.05) is 26.7 Å². The van der Waals surface area contributed by atoms with E-state index in [1.54, 1.807) is 0 Å². The summed E-state index contributed by atoms with van der Waals surface area (Å²) in [7, 11) is 0. The first-order chi connectivity index (χ1) is 9.61. The minimum Gasteiger partial charge on any atom is -0.481 e. The highest BCUT2D eigenvalue weighted by molar-refractivity contribution is 5.75. The van der Waals surface area contributed by atoms with Crippen molar-refractivity contribution in [1.29, 1.82) is 0 Å². The number of nitrogens with one attached hydrogen (secondary N) is 2. The molecular formula is C14H28N2O4. The summed E-state index contributed by atoms with van der Waals surface area (Å²) in [6.07, 6.45) is 4.29. The van der Waals surface area contributed by atoms with Gasteiger partial charge in [-0.25, -0.2) is 4.79 Å². The Kier molecular flexibility index (Phi) is 11.9. The van der Waals surface area contributed by atoms with Crippen molar-refractivity contribution in [2.24, 2.45) is 5.92 Å². The largest absolute Gasteiger partial charge is 0.481 e. The van der Waals surface area contributed by atoms with Crippen molar-refractivity contribution in [2.75, 3.05) is 26.3 Å². The first-order valence-electron chi connectivity index (χ1n) is 7.44. The molecule has 6 heteroatoms. The number of hydrogen-bond donors (Lipinski definition) is 3. The predicted octanol–water partition coefficient (Wildman–Crippen LogP) is 1.99. The Hall–Kier alpha value is -1.30. The van der Waals surface area contributed by atoms with E-state index in [4.69, 9.17) is 9.84 Å². The van der Waals surface area contributed by atoms with Crippen LogP contribution < -0.4 is 10.6 Å². The van der Waals surface area contributed by atoms with E-state index >= 15 is 0 Å². The van der Waals surface area contributed by atoms with Crippen LogP contribution in [-0.2, 0) is 9.53 Å². The zero-order valence-electron chi connectivity index (χ0n) is 12.6. The van der Waals surface area contributed by atoms with Crippen molar-refractivity contribution in [3.63, 3.8) is 0 Å². The third kappa shape index (κ3) is 10.6. The molecule has 0 aromatic carbocycles. The van der Waals surface area contributed by atoms with Crippen molar-refractivity contribution >= 4 is 12.0 Å². The molecule has 0 aliphatic heterocycles. The Morgan fingerprint density at radius 2 is 1.80 bits per heavy atom. The first kappa shape index (κ1) is 18.7. The van der Waals surface area contributed by atoms with Crippen molar-refractivity contribution < 1.29 is 19.4 Å². The second kappa shape index (κ2) is 12.7. The van der Waals surface area contributed by atoms with Crippen LogP contribution in [0.3, 0.4) is 0 Å². The number of hydrogen-bond acceptors (Lipinski definition) is 3. The number of carbonyl (C=O) groups is 2. The number of ether oxygens (including phenoxy) is 1. The fraction of sp³-hybridized carbons (Fsp3) is 0.857. The molecule has 0 spiro atoms. The number of carboxylic acids is 1. The van der Waals surface area contributed by atoms with Crippen LogP contribution in [0.1, 0.15) is 46.0 Å². The number of aliphatic carboxylic acids is 1. The van der Waals surface area contributed by atoms with Crippen LogP contribution in [0, 0.1) is 5.92 Å².